The Morgan fingerprint density at radius 2 is 1.86 bits per heavy atom. The van der Waals surface area contributed by atoms with E-state index in [2.05, 4.69) is 15.0 Å². The number of halogens is 2. The highest BCUT2D eigenvalue weighted by Gasteiger charge is 2.09. The van der Waals surface area contributed by atoms with Crippen molar-refractivity contribution in [2.45, 2.75) is 6.61 Å². The van der Waals surface area contributed by atoms with Crippen molar-refractivity contribution in [3.8, 4) is 5.75 Å². The van der Waals surface area contributed by atoms with E-state index in [9.17, 15) is 13.6 Å². The Morgan fingerprint density at radius 1 is 1.09 bits per heavy atom. The van der Waals surface area contributed by atoms with E-state index < -0.39 is 6.61 Å². The molecule has 0 aliphatic carbocycles. The van der Waals surface area contributed by atoms with Gasteiger partial charge in [-0.05, 0) is 48.5 Å². The lowest BCUT2D eigenvalue weighted by Gasteiger charge is -2.07. The lowest BCUT2D eigenvalue weighted by molar-refractivity contribution is -0.0498. The minimum absolute atomic E-state index is 0.0142. The van der Waals surface area contributed by atoms with Crippen molar-refractivity contribution in [1.29, 1.82) is 0 Å². The Kier molecular flexibility index (Phi) is 3.74. The molecule has 0 aliphatic rings. The van der Waals surface area contributed by atoms with Crippen LogP contribution in [0.1, 0.15) is 10.4 Å². The summed E-state index contributed by atoms with van der Waals surface area (Å²) in [4.78, 5) is 15.2. The van der Waals surface area contributed by atoms with Gasteiger partial charge in [0.1, 0.15) is 5.75 Å². The first-order valence-corrected chi connectivity index (χ1v) is 6.55. The Balaban J connectivity index is 1.73. The second-order valence-corrected chi connectivity index (χ2v) is 4.64. The average molecular weight is 302 g/mol. The standard InChI is InChI=1S/C16H12F2N2O2/c17-16(18)22-13-4-1-10(2-5-13)15(21)20-12-3-6-14-11(9-12)7-8-19-14/h1-9,16,19H,(H,20,21). The van der Waals surface area contributed by atoms with Crippen molar-refractivity contribution >= 4 is 22.5 Å². The molecule has 1 amide bonds. The molecule has 3 aromatic rings. The number of amides is 1. The minimum atomic E-state index is -2.88. The number of carbonyl (C=O) groups is 1. The second-order valence-electron chi connectivity index (χ2n) is 4.64. The highest BCUT2D eigenvalue weighted by molar-refractivity contribution is 6.05. The van der Waals surface area contributed by atoms with Gasteiger partial charge in [-0.1, -0.05) is 0 Å². The molecule has 22 heavy (non-hydrogen) atoms. The molecule has 0 aliphatic heterocycles. The number of H-pyrrole nitrogens is 1. The zero-order valence-corrected chi connectivity index (χ0v) is 11.3. The van der Waals surface area contributed by atoms with E-state index in [0.29, 0.717) is 11.3 Å². The third-order valence-corrected chi connectivity index (χ3v) is 3.15. The van der Waals surface area contributed by atoms with Gasteiger partial charge in [-0.2, -0.15) is 8.78 Å². The van der Waals surface area contributed by atoms with E-state index in [1.165, 1.54) is 24.3 Å². The normalized spacial score (nSPS) is 10.9. The number of fused-ring (bicyclic) bond motifs is 1. The Hall–Kier alpha value is -2.89. The van der Waals surface area contributed by atoms with E-state index in [1.807, 2.05) is 24.4 Å². The van der Waals surface area contributed by atoms with E-state index in [0.717, 1.165) is 10.9 Å². The zero-order chi connectivity index (χ0) is 15.5. The van der Waals surface area contributed by atoms with Crippen molar-refractivity contribution < 1.29 is 18.3 Å². The summed E-state index contributed by atoms with van der Waals surface area (Å²) in [6.45, 7) is -2.88. The fraction of sp³-hybridized carbons (Fsp3) is 0.0625. The molecule has 0 saturated heterocycles. The lowest BCUT2D eigenvalue weighted by atomic mass is 10.2. The Labute approximate surface area is 124 Å². The summed E-state index contributed by atoms with van der Waals surface area (Å²) >= 11 is 0. The number of carbonyl (C=O) groups excluding carboxylic acids is 1. The summed E-state index contributed by atoms with van der Waals surface area (Å²) < 4.78 is 28.4. The summed E-state index contributed by atoms with van der Waals surface area (Å²) in [6.07, 6.45) is 1.82. The van der Waals surface area contributed by atoms with Crippen molar-refractivity contribution in [1.82, 2.24) is 4.98 Å². The number of rotatable bonds is 4. The largest absolute Gasteiger partial charge is 0.435 e. The maximum absolute atomic E-state index is 12.1. The highest BCUT2D eigenvalue weighted by Crippen LogP contribution is 2.19. The first kappa shape index (κ1) is 14.1. The predicted molar refractivity (Wildman–Crippen MR) is 79.3 cm³/mol. The molecule has 0 fully saturated rings. The highest BCUT2D eigenvalue weighted by atomic mass is 19.3. The molecule has 2 aromatic carbocycles. The minimum Gasteiger partial charge on any atom is -0.435 e. The van der Waals surface area contributed by atoms with Crippen LogP contribution in [0, 0.1) is 0 Å². The van der Waals surface area contributed by atoms with E-state index in [4.69, 9.17) is 0 Å². The van der Waals surface area contributed by atoms with Gasteiger partial charge in [0, 0.05) is 28.4 Å². The van der Waals surface area contributed by atoms with Crippen LogP contribution >= 0.6 is 0 Å². The van der Waals surface area contributed by atoms with Crippen LogP contribution in [-0.2, 0) is 0 Å². The first-order valence-electron chi connectivity index (χ1n) is 6.55. The summed E-state index contributed by atoms with van der Waals surface area (Å²) in [7, 11) is 0. The van der Waals surface area contributed by atoms with Crippen molar-refractivity contribution in [3.63, 3.8) is 0 Å². The zero-order valence-electron chi connectivity index (χ0n) is 11.3. The topological polar surface area (TPSA) is 54.1 Å². The van der Waals surface area contributed by atoms with Crippen LogP contribution in [-0.4, -0.2) is 17.5 Å². The Bertz CT molecular complexity index is 797. The molecule has 1 heterocycles. The van der Waals surface area contributed by atoms with Gasteiger partial charge < -0.3 is 15.0 Å². The fourth-order valence-electron chi connectivity index (χ4n) is 2.12. The summed E-state index contributed by atoms with van der Waals surface area (Å²) in [6, 6.07) is 12.9. The smallest absolute Gasteiger partial charge is 0.387 e. The molecule has 4 nitrogen and oxygen atoms in total. The average Bonchev–Trinajstić information content (AvgIpc) is 2.95. The Morgan fingerprint density at radius 3 is 2.59 bits per heavy atom. The molecule has 6 heteroatoms. The van der Waals surface area contributed by atoms with Crippen LogP contribution in [0.3, 0.4) is 0 Å². The van der Waals surface area contributed by atoms with Crippen LogP contribution < -0.4 is 10.1 Å². The number of aromatic amines is 1. The number of nitrogens with one attached hydrogen (secondary N) is 2. The molecule has 1 aromatic heterocycles. The van der Waals surface area contributed by atoms with Crippen LogP contribution in [0.2, 0.25) is 0 Å². The summed E-state index contributed by atoms with van der Waals surface area (Å²) in [5.74, 6) is -0.307. The van der Waals surface area contributed by atoms with Crippen molar-refractivity contribution in [2.75, 3.05) is 5.32 Å². The van der Waals surface area contributed by atoms with Gasteiger partial charge in [-0.15, -0.1) is 0 Å². The fourth-order valence-corrected chi connectivity index (χ4v) is 2.12. The molecule has 112 valence electrons. The first-order chi connectivity index (χ1) is 10.6. The molecule has 0 unspecified atom stereocenters. The molecule has 0 radical (unpaired) electrons. The lowest BCUT2D eigenvalue weighted by Crippen LogP contribution is -2.11. The molecular formula is C16H12F2N2O2. The summed E-state index contributed by atoms with van der Waals surface area (Å²) in [5.41, 5.74) is 1.99. The number of alkyl halides is 2. The maximum atomic E-state index is 12.1. The van der Waals surface area contributed by atoms with Crippen LogP contribution in [0.5, 0.6) is 5.75 Å². The second kappa shape index (κ2) is 5.85. The van der Waals surface area contributed by atoms with Gasteiger partial charge in [-0.25, -0.2) is 0 Å². The molecule has 0 spiro atoms. The monoisotopic (exact) mass is 302 g/mol. The number of aromatic nitrogens is 1. The molecule has 2 N–H and O–H groups in total. The number of anilines is 1. The number of ether oxygens (including phenoxy) is 1. The van der Waals surface area contributed by atoms with Gasteiger partial charge in [0.2, 0.25) is 0 Å². The van der Waals surface area contributed by atoms with Crippen molar-refractivity contribution in [3.05, 3.63) is 60.3 Å². The van der Waals surface area contributed by atoms with E-state index >= 15 is 0 Å². The maximum Gasteiger partial charge on any atom is 0.387 e. The molecule has 0 bridgehead atoms. The van der Waals surface area contributed by atoms with Gasteiger partial charge in [0.15, 0.2) is 0 Å². The third-order valence-electron chi connectivity index (χ3n) is 3.15. The van der Waals surface area contributed by atoms with Gasteiger partial charge >= 0.3 is 6.61 Å². The third kappa shape index (κ3) is 3.06. The van der Waals surface area contributed by atoms with Crippen LogP contribution in [0.15, 0.2) is 54.7 Å². The van der Waals surface area contributed by atoms with E-state index in [-0.39, 0.29) is 11.7 Å². The number of hydrogen-bond donors (Lipinski definition) is 2. The van der Waals surface area contributed by atoms with Crippen molar-refractivity contribution in [2.24, 2.45) is 0 Å². The molecule has 0 saturated carbocycles. The van der Waals surface area contributed by atoms with Gasteiger partial charge in [0.25, 0.3) is 5.91 Å². The quantitative estimate of drug-likeness (QED) is 0.764. The van der Waals surface area contributed by atoms with Gasteiger partial charge in [-0.3, -0.25) is 4.79 Å². The number of hydrogen-bond acceptors (Lipinski definition) is 2. The number of benzene rings is 2. The van der Waals surface area contributed by atoms with Gasteiger partial charge in [0.05, 0.1) is 0 Å². The summed E-state index contributed by atoms with van der Waals surface area (Å²) in [5, 5.41) is 3.74. The molecule has 3 rings (SSSR count). The molecular weight excluding hydrogens is 290 g/mol. The van der Waals surface area contributed by atoms with E-state index in [1.54, 1.807) is 6.07 Å². The van der Waals surface area contributed by atoms with Crippen LogP contribution in [0.4, 0.5) is 14.5 Å². The van der Waals surface area contributed by atoms with Crippen LogP contribution in [0.25, 0.3) is 10.9 Å². The molecule has 0 atom stereocenters. The SMILES string of the molecule is O=C(Nc1ccc2[nH]ccc2c1)c1ccc(OC(F)F)cc1. The predicted octanol–water partition coefficient (Wildman–Crippen LogP) is 4.02.